The summed E-state index contributed by atoms with van der Waals surface area (Å²) in [6.07, 6.45) is 4.65. The van der Waals surface area contributed by atoms with Gasteiger partial charge < -0.3 is 10.6 Å². The number of aromatic nitrogens is 2. The predicted octanol–water partition coefficient (Wildman–Crippen LogP) is 3.73. The van der Waals surface area contributed by atoms with Gasteiger partial charge in [0.25, 0.3) is 5.91 Å². The number of amides is 2. The van der Waals surface area contributed by atoms with Gasteiger partial charge in [-0.25, -0.2) is 4.98 Å². The van der Waals surface area contributed by atoms with Crippen LogP contribution in [0.5, 0.6) is 0 Å². The van der Waals surface area contributed by atoms with Crippen LogP contribution in [0, 0.1) is 0 Å². The molecule has 0 saturated heterocycles. The van der Waals surface area contributed by atoms with Gasteiger partial charge in [-0.2, -0.15) is 0 Å². The Labute approximate surface area is 161 Å². The molecule has 0 spiro atoms. The molecule has 136 valence electrons. The number of nitrogens with one attached hydrogen (secondary N) is 2. The average molecular weight is 378 g/mol. The summed E-state index contributed by atoms with van der Waals surface area (Å²) in [5.74, 6) is -0.206. The number of benzene rings is 2. The summed E-state index contributed by atoms with van der Waals surface area (Å²) in [5.41, 5.74) is 3.88. The average Bonchev–Trinajstić information content (AvgIpc) is 3.13. The zero-order valence-corrected chi connectivity index (χ0v) is 15.5. The van der Waals surface area contributed by atoms with Crippen LogP contribution in [0.1, 0.15) is 22.5 Å². The highest BCUT2D eigenvalue weighted by molar-refractivity contribution is 7.98. The van der Waals surface area contributed by atoms with Gasteiger partial charge in [0.15, 0.2) is 5.16 Å². The van der Waals surface area contributed by atoms with Gasteiger partial charge in [-0.3, -0.25) is 14.2 Å². The Morgan fingerprint density at radius 2 is 2.00 bits per heavy atom. The number of nitrogens with zero attached hydrogens (tertiary/aromatic N) is 2. The smallest absolute Gasteiger partial charge is 0.274 e. The van der Waals surface area contributed by atoms with Crippen molar-refractivity contribution in [2.45, 2.75) is 18.0 Å². The Morgan fingerprint density at radius 3 is 2.78 bits per heavy atom. The van der Waals surface area contributed by atoms with E-state index in [1.165, 1.54) is 11.8 Å². The van der Waals surface area contributed by atoms with Crippen LogP contribution in [0.3, 0.4) is 0 Å². The molecule has 0 atom stereocenters. The van der Waals surface area contributed by atoms with Crippen molar-refractivity contribution in [3.63, 3.8) is 0 Å². The van der Waals surface area contributed by atoms with Gasteiger partial charge in [0.2, 0.25) is 5.91 Å². The highest BCUT2D eigenvalue weighted by Gasteiger charge is 2.19. The highest BCUT2D eigenvalue weighted by Crippen LogP contribution is 2.27. The molecule has 2 N–H and O–H groups in total. The van der Waals surface area contributed by atoms with Crippen LogP contribution in [0.15, 0.2) is 59.9 Å². The van der Waals surface area contributed by atoms with E-state index in [4.69, 9.17) is 0 Å². The highest BCUT2D eigenvalue weighted by atomic mass is 32.2. The first kappa shape index (κ1) is 17.4. The minimum atomic E-state index is -0.230. The summed E-state index contributed by atoms with van der Waals surface area (Å²) < 4.78 is 1.85. The number of hydrogen-bond acceptors (Lipinski definition) is 4. The number of fused-ring (bicyclic) bond motifs is 1. The van der Waals surface area contributed by atoms with Crippen LogP contribution >= 0.6 is 11.8 Å². The number of carbonyl (C=O) groups is 2. The number of hydrogen-bond donors (Lipinski definition) is 2. The Morgan fingerprint density at radius 1 is 1.19 bits per heavy atom. The number of para-hydroxylation sites is 1. The Balaban J connectivity index is 1.63. The maximum absolute atomic E-state index is 12.9. The second-order valence-electron chi connectivity index (χ2n) is 6.18. The van der Waals surface area contributed by atoms with E-state index in [1.807, 2.05) is 53.3 Å². The number of thioether (sulfide) groups is 1. The molecule has 2 amide bonds. The van der Waals surface area contributed by atoms with Gasteiger partial charge in [0.1, 0.15) is 5.69 Å². The minimum Gasteiger partial charge on any atom is -0.326 e. The third-order valence-electron chi connectivity index (χ3n) is 4.42. The third kappa shape index (κ3) is 3.46. The van der Waals surface area contributed by atoms with E-state index >= 15 is 0 Å². The van der Waals surface area contributed by atoms with Crippen molar-refractivity contribution >= 4 is 35.0 Å². The summed E-state index contributed by atoms with van der Waals surface area (Å²) in [4.78, 5) is 28.8. The SMILES string of the molecule is CSc1ncc(C(=O)Nc2ccc3c(c2)CCC(=O)N3)n1-c1ccccc1. The Bertz CT molecular complexity index is 1010. The summed E-state index contributed by atoms with van der Waals surface area (Å²) >= 11 is 1.49. The van der Waals surface area contributed by atoms with E-state index in [2.05, 4.69) is 15.6 Å². The second kappa shape index (κ2) is 7.28. The van der Waals surface area contributed by atoms with Crippen LogP contribution in [0.4, 0.5) is 11.4 Å². The summed E-state index contributed by atoms with van der Waals surface area (Å²) in [6, 6.07) is 15.2. The lowest BCUT2D eigenvalue weighted by Crippen LogP contribution is -2.20. The predicted molar refractivity (Wildman–Crippen MR) is 107 cm³/mol. The zero-order valence-electron chi connectivity index (χ0n) is 14.7. The van der Waals surface area contributed by atoms with Crippen LogP contribution < -0.4 is 10.6 Å². The normalized spacial score (nSPS) is 13.0. The molecule has 6 nitrogen and oxygen atoms in total. The minimum absolute atomic E-state index is 0.0237. The molecule has 0 saturated carbocycles. The fourth-order valence-corrected chi connectivity index (χ4v) is 3.67. The van der Waals surface area contributed by atoms with Gasteiger partial charge >= 0.3 is 0 Å². The molecule has 0 bridgehead atoms. The van der Waals surface area contributed by atoms with Gasteiger partial charge in [0, 0.05) is 23.5 Å². The number of carbonyl (C=O) groups excluding carboxylic acids is 2. The van der Waals surface area contributed by atoms with Crippen LogP contribution in [-0.4, -0.2) is 27.6 Å². The standard InChI is InChI=1S/C20H18N4O2S/c1-27-20-21-12-17(24(20)15-5-3-2-4-6-15)19(26)22-14-8-9-16-13(11-14)7-10-18(25)23-16/h2-6,8-9,11-12H,7,10H2,1H3,(H,22,26)(H,23,25). The summed E-state index contributed by atoms with van der Waals surface area (Å²) in [6.45, 7) is 0. The molecule has 1 aromatic heterocycles. The van der Waals surface area contributed by atoms with E-state index in [-0.39, 0.29) is 11.8 Å². The van der Waals surface area contributed by atoms with Crippen LogP contribution in [0.2, 0.25) is 0 Å². The maximum Gasteiger partial charge on any atom is 0.274 e. The second-order valence-corrected chi connectivity index (χ2v) is 6.95. The van der Waals surface area contributed by atoms with Crippen molar-refractivity contribution in [3.8, 4) is 5.69 Å². The lowest BCUT2D eigenvalue weighted by Gasteiger charge is -2.18. The van der Waals surface area contributed by atoms with Crippen molar-refractivity contribution in [2.75, 3.05) is 16.9 Å². The molecule has 0 unspecified atom stereocenters. The summed E-state index contributed by atoms with van der Waals surface area (Å²) in [7, 11) is 0. The number of imidazole rings is 1. The van der Waals surface area contributed by atoms with E-state index in [1.54, 1.807) is 12.3 Å². The van der Waals surface area contributed by atoms with Crippen molar-refractivity contribution in [1.82, 2.24) is 9.55 Å². The van der Waals surface area contributed by atoms with Crippen LogP contribution in [0.25, 0.3) is 5.69 Å². The largest absolute Gasteiger partial charge is 0.326 e. The van der Waals surface area contributed by atoms with E-state index < -0.39 is 0 Å². The molecular formula is C20H18N4O2S. The molecule has 3 aromatic rings. The molecular weight excluding hydrogens is 360 g/mol. The van der Waals surface area contributed by atoms with Crippen molar-refractivity contribution in [3.05, 3.63) is 66.0 Å². The first-order valence-electron chi connectivity index (χ1n) is 8.57. The lowest BCUT2D eigenvalue weighted by atomic mass is 10.0. The van der Waals surface area contributed by atoms with Gasteiger partial charge in [-0.1, -0.05) is 30.0 Å². The van der Waals surface area contributed by atoms with E-state index in [9.17, 15) is 9.59 Å². The monoisotopic (exact) mass is 378 g/mol. The Kier molecular flexibility index (Phi) is 4.68. The first-order valence-corrected chi connectivity index (χ1v) is 9.79. The number of aryl methyl sites for hydroxylation is 1. The fraction of sp³-hybridized carbons (Fsp3) is 0.150. The van der Waals surface area contributed by atoms with Crippen LogP contribution in [-0.2, 0) is 11.2 Å². The van der Waals surface area contributed by atoms with E-state index in [0.717, 1.165) is 22.1 Å². The molecule has 1 aliphatic heterocycles. The molecule has 0 aliphatic carbocycles. The summed E-state index contributed by atoms with van der Waals surface area (Å²) in [5, 5.41) is 6.54. The Hall–Kier alpha value is -3.06. The van der Waals surface area contributed by atoms with Crippen molar-refractivity contribution in [1.29, 1.82) is 0 Å². The van der Waals surface area contributed by atoms with E-state index in [0.29, 0.717) is 24.2 Å². The fourth-order valence-electron chi connectivity index (χ4n) is 3.12. The van der Waals surface area contributed by atoms with Gasteiger partial charge in [0.05, 0.1) is 6.20 Å². The first-order chi connectivity index (χ1) is 13.2. The van der Waals surface area contributed by atoms with Crippen molar-refractivity contribution < 1.29 is 9.59 Å². The third-order valence-corrected chi connectivity index (χ3v) is 5.07. The zero-order chi connectivity index (χ0) is 18.8. The van der Waals surface area contributed by atoms with Gasteiger partial charge in [-0.05, 0) is 48.6 Å². The lowest BCUT2D eigenvalue weighted by molar-refractivity contribution is -0.116. The molecule has 0 fully saturated rings. The molecule has 2 heterocycles. The maximum atomic E-state index is 12.9. The molecule has 27 heavy (non-hydrogen) atoms. The molecule has 0 radical (unpaired) electrons. The number of rotatable bonds is 4. The topological polar surface area (TPSA) is 76.0 Å². The van der Waals surface area contributed by atoms with Crippen molar-refractivity contribution in [2.24, 2.45) is 0 Å². The molecule has 1 aliphatic rings. The quantitative estimate of drug-likeness (QED) is 0.678. The molecule has 2 aromatic carbocycles. The number of anilines is 2. The molecule has 4 rings (SSSR count). The molecule has 7 heteroatoms. The van der Waals surface area contributed by atoms with Gasteiger partial charge in [-0.15, -0.1) is 0 Å².